The molecule has 1 atom stereocenters. The first kappa shape index (κ1) is 26.1. The van der Waals surface area contributed by atoms with E-state index < -0.39 is 14.8 Å². The van der Waals surface area contributed by atoms with Gasteiger partial charge >= 0.3 is 0 Å². The van der Waals surface area contributed by atoms with Gasteiger partial charge in [0.2, 0.25) is 0 Å². The van der Waals surface area contributed by atoms with Crippen molar-refractivity contribution in [1.29, 1.82) is 0 Å². The van der Waals surface area contributed by atoms with E-state index in [9.17, 15) is 18.5 Å². The van der Waals surface area contributed by atoms with Gasteiger partial charge < -0.3 is 16.0 Å². The number of anilines is 1. The second-order valence-electron chi connectivity index (χ2n) is 6.43. The van der Waals surface area contributed by atoms with Crippen molar-refractivity contribution in [2.75, 3.05) is 38.3 Å². The predicted molar refractivity (Wildman–Crippen MR) is 132 cm³/mol. The summed E-state index contributed by atoms with van der Waals surface area (Å²) in [6.07, 6.45) is 1.01. The van der Waals surface area contributed by atoms with Crippen molar-refractivity contribution in [2.45, 2.75) is 17.7 Å². The molecule has 1 heterocycles. The molecule has 0 radical (unpaired) electrons. The number of aliphatic imine (C=N–C) groups is 1. The van der Waals surface area contributed by atoms with Gasteiger partial charge in [-0.1, -0.05) is 13.0 Å². The molecule has 2 aromatic rings. The van der Waals surface area contributed by atoms with Crippen LogP contribution in [0.3, 0.4) is 0 Å². The maximum absolute atomic E-state index is 11.6. The Labute approximate surface area is 197 Å². The highest BCUT2D eigenvalue weighted by Gasteiger charge is 2.18. The van der Waals surface area contributed by atoms with E-state index >= 15 is 0 Å². The molecule has 0 saturated heterocycles. The van der Waals surface area contributed by atoms with Gasteiger partial charge in [-0.25, -0.2) is 8.42 Å². The summed E-state index contributed by atoms with van der Waals surface area (Å²) in [4.78, 5) is 16.0. The Bertz CT molecular complexity index is 965. The number of benzene rings is 1. The van der Waals surface area contributed by atoms with Gasteiger partial charge in [0.1, 0.15) is 5.69 Å². The lowest BCUT2D eigenvalue weighted by atomic mass is 10.1. The molecule has 1 unspecified atom stereocenters. The summed E-state index contributed by atoms with van der Waals surface area (Å²) in [5.41, 5.74) is -0.0151. The highest BCUT2D eigenvalue weighted by Crippen LogP contribution is 2.27. The molecule has 0 aliphatic rings. The highest BCUT2D eigenvalue weighted by atomic mass is 127. The van der Waals surface area contributed by atoms with Crippen molar-refractivity contribution in [1.82, 2.24) is 10.6 Å². The second kappa shape index (κ2) is 12.1. The van der Waals surface area contributed by atoms with Gasteiger partial charge in [-0.15, -0.1) is 35.3 Å². The molecule has 0 spiro atoms. The van der Waals surface area contributed by atoms with Crippen LogP contribution in [0.4, 0.5) is 11.4 Å². The maximum atomic E-state index is 11.6. The van der Waals surface area contributed by atoms with E-state index in [1.54, 1.807) is 18.4 Å². The fourth-order valence-electron chi connectivity index (χ4n) is 2.56. The first-order valence-electron chi connectivity index (χ1n) is 8.92. The Morgan fingerprint density at radius 3 is 2.57 bits per heavy atom. The standard InChI is InChI=1S/C18H25N5O4S2.HI/c1-13(17-5-4-10-28-17)12-22-18(19-2)21-9-8-20-15-7-6-14(29(3,26)27)11-16(15)23(24)25;/h4-7,10-11,13,20H,8-9,12H2,1-3H3,(H2,19,21,22);1H. The summed E-state index contributed by atoms with van der Waals surface area (Å²) < 4.78 is 23.2. The van der Waals surface area contributed by atoms with Crippen molar-refractivity contribution in [2.24, 2.45) is 4.99 Å². The van der Waals surface area contributed by atoms with Gasteiger partial charge in [-0.05, 0) is 23.6 Å². The highest BCUT2D eigenvalue weighted by molar-refractivity contribution is 14.0. The summed E-state index contributed by atoms with van der Waals surface area (Å²) in [5, 5.41) is 22.7. The lowest BCUT2D eigenvalue weighted by molar-refractivity contribution is -0.384. The Morgan fingerprint density at radius 2 is 2.00 bits per heavy atom. The Kier molecular flexibility index (Phi) is 10.5. The van der Waals surface area contributed by atoms with Crippen LogP contribution in [0.15, 0.2) is 45.6 Å². The van der Waals surface area contributed by atoms with Gasteiger partial charge in [-0.3, -0.25) is 15.1 Å². The summed E-state index contributed by atoms with van der Waals surface area (Å²) in [6, 6.07) is 7.95. The van der Waals surface area contributed by atoms with Gasteiger partial charge in [-0.2, -0.15) is 0 Å². The van der Waals surface area contributed by atoms with Crippen LogP contribution in [0.1, 0.15) is 17.7 Å². The Hall–Kier alpha value is -1.93. The largest absolute Gasteiger partial charge is 0.378 e. The van der Waals surface area contributed by atoms with Gasteiger partial charge in [0.15, 0.2) is 15.8 Å². The average molecular weight is 567 g/mol. The van der Waals surface area contributed by atoms with Crippen molar-refractivity contribution in [3.8, 4) is 0 Å². The minimum Gasteiger partial charge on any atom is -0.378 e. The molecule has 30 heavy (non-hydrogen) atoms. The molecule has 0 amide bonds. The molecule has 0 aliphatic carbocycles. The van der Waals surface area contributed by atoms with Crippen molar-refractivity contribution < 1.29 is 13.3 Å². The molecular formula is C18H26IN5O4S2. The molecule has 3 N–H and O–H groups in total. The van der Waals surface area contributed by atoms with Crippen molar-refractivity contribution in [3.63, 3.8) is 0 Å². The first-order valence-corrected chi connectivity index (χ1v) is 11.7. The molecule has 166 valence electrons. The van der Waals surface area contributed by atoms with Gasteiger partial charge in [0.25, 0.3) is 5.69 Å². The summed E-state index contributed by atoms with van der Waals surface area (Å²) in [6.45, 7) is 3.72. The lowest BCUT2D eigenvalue weighted by Gasteiger charge is -2.15. The summed E-state index contributed by atoms with van der Waals surface area (Å²) in [5.74, 6) is 0.986. The topological polar surface area (TPSA) is 126 Å². The van der Waals surface area contributed by atoms with Crippen LogP contribution in [-0.4, -0.2) is 52.2 Å². The number of nitrogens with zero attached hydrogens (tertiary/aromatic N) is 2. The van der Waals surface area contributed by atoms with E-state index in [1.165, 1.54) is 17.0 Å². The molecule has 0 saturated carbocycles. The zero-order chi connectivity index (χ0) is 21.4. The monoisotopic (exact) mass is 567 g/mol. The maximum Gasteiger partial charge on any atom is 0.293 e. The third-order valence-corrected chi connectivity index (χ3v) is 6.37. The zero-order valence-corrected chi connectivity index (χ0v) is 20.9. The predicted octanol–water partition coefficient (Wildman–Crippen LogP) is 3.06. The fourth-order valence-corrected chi connectivity index (χ4v) is 3.99. The number of hydrogen-bond donors (Lipinski definition) is 3. The van der Waals surface area contributed by atoms with E-state index in [-0.39, 0.29) is 40.2 Å². The third-order valence-electron chi connectivity index (χ3n) is 4.16. The number of nitro groups is 1. The van der Waals surface area contributed by atoms with Crippen molar-refractivity contribution in [3.05, 3.63) is 50.7 Å². The normalized spacial score (nSPS) is 12.6. The molecule has 12 heteroatoms. The van der Waals surface area contributed by atoms with E-state index in [2.05, 4.69) is 33.9 Å². The Balaban J connectivity index is 0.00000450. The quantitative estimate of drug-likeness (QED) is 0.106. The number of rotatable bonds is 9. The van der Waals surface area contributed by atoms with Gasteiger partial charge in [0.05, 0.1) is 9.82 Å². The molecule has 0 bridgehead atoms. The summed E-state index contributed by atoms with van der Waals surface area (Å²) in [7, 11) is -1.84. The molecule has 0 fully saturated rings. The number of nitrogens with one attached hydrogen (secondary N) is 3. The van der Waals surface area contributed by atoms with Crippen LogP contribution >= 0.6 is 35.3 Å². The van der Waals surface area contributed by atoms with E-state index in [1.807, 2.05) is 11.4 Å². The van der Waals surface area contributed by atoms with Crippen LogP contribution in [0.2, 0.25) is 0 Å². The number of halogens is 1. The molecule has 2 rings (SSSR count). The molecule has 0 aliphatic heterocycles. The summed E-state index contributed by atoms with van der Waals surface area (Å²) >= 11 is 1.71. The molecular weight excluding hydrogens is 541 g/mol. The minimum absolute atomic E-state index is 0. The SMILES string of the molecule is CN=C(NCCNc1ccc(S(C)(=O)=O)cc1[N+](=O)[O-])NCC(C)c1cccs1.I. The van der Waals surface area contributed by atoms with Crippen LogP contribution < -0.4 is 16.0 Å². The van der Waals surface area contributed by atoms with E-state index in [4.69, 9.17) is 0 Å². The van der Waals surface area contributed by atoms with Crippen LogP contribution in [0, 0.1) is 10.1 Å². The first-order chi connectivity index (χ1) is 13.7. The minimum atomic E-state index is -3.51. The van der Waals surface area contributed by atoms with E-state index in [0.717, 1.165) is 18.9 Å². The average Bonchev–Trinajstić information content (AvgIpc) is 3.21. The smallest absolute Gasteiger partial charge is 0.293 e. The lowest BCUT2D eigenvalue weighted by Crippen LogP contribution is -2.40. The number of sulfone groups is 1. The Morgan fingerprint density at radius 1 is 1.27 bits per heavy atom. The number of guanidine groups is 1. The fraction of sp³-hybridized carbons (Fsp3) is 0.389. The molecule has 1 aromatic heterocycles. The van der Waals surface area contributed by atoms with Crippen molar-refractivity contribution >= 4 is 62.5 Å². The number of nitro benzene ring substituents is 1. The van der Waals surface area contributed by atoms with Crippen LogP contribution in [0.5, 0.6) is 0 Å². The molecule has 1 aromatic carbocycles. The van der Waals surface area contributed by atoms with Crippen LogP contribution in [0.25, 0.3) is 0 Å². The van der Waals surface area contributed by atoms with E-state index in [0.29, 0.717) is 25.0 Å². The number of thiophene rings is 1. The van der Waals surface area contributed by atoms with Crippen LogP contribution in [-0.2, 0) is 9.84 Å². The third kappa shape index (κ3) is 7.72. The molecule has 9 nitrogen and oxygen atoms in total. The second-order valence-corrected chi connectivity index (χ2v) is 9.43. The zero-order valence-electron chi connectivity index (χ0n) is 16.9. The number of hydrogen-bond acceptors (Lipinski definition) is 7. The van der Waals surface area contributed by atoms with Gasteiger partial charge in [0, 0.05) is 49.8 Å².